The van der Waals surface area contributed by atoms with E-state index in [9.17, 15) is 0 Å². The second-order valence-electron chi connectivity index (χ2n) is 5.16. The maximum Gasteiger partial charge on any atom is 0.0593 e. The molecular formula is C13H26N2O. The molecule has 1 unspecified atom stereocenters. The third-order valence-electron chi connectivity index (χ3n) is 3.80. The summed E-state index contributed by atoms with van der Waals surface area (Å²) in [6.45, 7) is 8.04. The first-order chi connectivity index (χ1) is 7.95. The Kier molecular flexibility index (Phi) is 5.59. The number of hydrogen-bond acceptors (Lipinski definition) is 3. The first kappa shape index (κ1) is 12.3. The Labute approximate surface area is 99.5 Å². The Morgan fingerprint density at radius 3 is 3.06 bits per heavy atom. The number of nitrogens with one attached hydrogen (secondary N) is 1. The minimum atomic E-state index is 0.936. The molecule has 0 amide bonds. The molecule has 0 saturated carbocycles. The van der Waals surface area contributed by atoms with Crippen LogP contribution in [0.1, 0.15) is 32.1 Å². The van der Waals surface area contributed by atoms with Gasteiger partial charge in [0, 0.05) is 19.7 Å². The van der Waals surface area contributed by atoms with Crippen molar-refractivity contribution in [1.29, 1.82) is 0 Å². The minimum absolute atomic E-state index is 0.936. The summed E-state index contributed by atoms with van der Waals surface area (Å²) in [5.41, 5.74) is 0. The monoisotopic (exact) mass is 226 g/mol. The van der Waals surface area contributed by atoms with Crippen molar-refractivity contribution in [3.8, 4) is 0 Å². The van der Waals surface area contributed by atoms with Gasteiger partial charge in [-0.1, -0.05) is 0 Å². The van der Waals surface area contributed by atoms with Gasteiger partial charge in [0.05, 0.1) is 6.61 Å². The maximum absolute atomic E-state index is 5.47. The van der Waals surface area contributed by atoms with Crippen LogP contribution in [0.15, 0.2) is 0 Å². The zero-order valence-electron chi connectivity index (χ0n) is 10.4. The average Bonchev–Trinajstić information content (AvgIpc) is 2.59. The van der Waals surface area contributed by atoms with Gasteiger partial charge in [0.15, 0.2) is 0 Å². The highest BCUT2D eigenvalue weighted by Gasteiger charge is 2.14. The molecule has 16 heavy (non-hydrogen) atoms. The molecule has 0 aromatic heterocycles. The quantitative estimate of drug-likeness (QED) is 0.786. The number of rotatable bonds is 4. The van der Waals surface area contributed by atoms with Crippen molar-refractivity contribution in [3.05, 3.63) is 0 Å². The van der Waals surface area contributed by atoms with E-state index in [-0.39, 0.29) is 0 Å². The van der Waals surface area contributed by atoms with Crippen LogP contribution >= 0.6 is 0 Å². The lowest BCUT2D eigenvalue weighted by atomic mass is 9.94. The van der Waals surface area contributed by atoms with E-state index in [1.807, 2.05) is 0 Å². The summed E-state index contributed by atoms with van der Waals surface area (Å²) in [5, 5.41) is 3.50. The zero-order chi connectivity index (χ0) is 11.1. The predicted octanol–water partition coefficient (Wildman–Crippen LogP) is 1.49. The lowest BCUT2D eigenvalue weighted by Gasteiger charge is -2.24. The summed E-state index contributed by atoms with van der Waals surface area (Å²) in [7, 11) is 0. The van der Waals surface area contributed by atoms with Crippen LogP contribution in [0.2, 0.25) is 0 Å². The van der Waals surface area contributed by atoms with E-state index in [1.54, 1.807) is 0 Å². The van der Waals surface area contributed by atoms with E-state index >= 15 is 0 Å². The van der Waals surface area contributed by atoms with Gasteiger partial charge < -0.3 is 15.0 Å². The Morgan fingerprint density at radius 2 is 2.19 bits per heavy atom. The fourth-order valence-electron chi connectivity index (χ4n) is 2.80. The highest BCUT2D eigenvalue weighted by Crippen LogP contribution is 2.16. The molecule has 3 nitrogen and oxygen atoms in total. The maximum atomic E-state index is 5.47. The lowest BCUT2D eigenvalue weighted by molar-refractivity contribution is 0.140. The van der Waals surface area contributed by atoms with Gasteiger partial charge in [0.25, 0.3) is 0 Å². The van der Waals surface area contributed by atoms with Gasteiger partial charge in [-0.05, 0) is 57.7 Å². The predicted molar refractivity (Wildman–Crippen MR) is 66.7 cm³/mol. The topological polar surface area (TPSA) is 24.5 Å². The molecule has 2 aliphatic rings. The average molecular weight is 226 g/mol. The third-order valence-corrected chi connectivity index (χ3v) is 3.80. The summed E-state index contributed by atoms with van der Waals surface area (Å²) in [5.74, 6) is 0.942. The van der Waals surface area contributed by atoms with Crippen LogP contribution in [0.3, 0.4) is 0 Å². The van der Waals surface area contributed by atoms with Crippen molar-refractivity contribution < 1.29 is 4.74 Å². The zero-order valence-corrected chi connectivity index (χ0v) is 10.4. The molecule has 0 aliphatic carbocycles. The SMILES string of the molecule is C1CNCC(CCCN2CCCOCC2)C1. The highest BCUT2D eigenvalue weighted by atomic mass is 16.5. The van der Waals surface area contributed by atoms with Crippen LogP contribution in [0.25, 0.3) is 0 Å². The number of ether oxygens (including phenoxy) is 1. The third kappa shape index (κ3) is 4.40. The molecule has 2 rings (SSSR count). The van der Waals surface area contributed by atoms with E-state index in [2.05, 4.69) is 10.2 Å². The molecule has 0 radical (unpaired) electrons. The summed E-state index contributed by atoms with van der Waals surface area (Å²) in [6, 6.07) is 0. The van der Waals surface area contributed by atoms with Gasteiger partial charge in [-0.2, -0.15) is 0 Å². The van der Waals surface area contributed by atoms with Crippen molar-refractivity contribution in [2.45, 2.75) is 32.1 Å². The Morgan fingerprint density at radius 1 is 1.19 bits per heavy atom. The van der Waals surface area contributed by atoms with Gasteiger partial charge in [0.1, 0.15) is 0 Å². The smallest absolute Gasteiger partial charge is 0.0593 e. The summed E-state index contributed by atoms with van der Waals surface area (Å²) in [6.07, 6.45) is 6.81. The number of hydrogen-bond donors (Lipinski definition) is 1. The van der Waals surface area contributed by atoms with Crippen molar-refractivity contribution >= 4 is 0 Å². The largest absolute Gasteiger partial charge is 0.380 e. The molecule has 2 saturated heterocycles. The van der Waals surface area contributed by atoms with E-state index < -0.39 is 0 Å². The summed E-state index contributed by atoms with van der Waals surface area (Å²) < 4.78 is 5.47. The van der Waals surface area contributed by atoms with E-state index in [1.165, 1.54) is 58.3 Å². The van der Waals surface area contributed by atoms with Gasteiger partial charge in [-0.25, -0.2) is 0 Å². The first-order valence-corrected chi connectivity index (χ1v) is 6.96. The first-order valence-electron chi connectivity index (χ1n) is 6.96. The molecule has 3 heteroatoms. The Balaban J connectivity index is 1.55. The molecule has 0 aromatic rings. The standard InChI is InChI=1S/C13H26N2O/c1-4-13(12-14-6-1)5-2-7-15-8-3-10-16-11-9-15/h13-14H,1-12H2. The molecule has 1 atom stereocenters. The highest BCUT2D eigenvalue weighted by molar-refractivity contribution is 4.70. The van der Waals surface area contributed by atoms with E-state index in [0.29, 0.717) is 0 Å². The lowest BCUT2D eigenvalue weighted by Crippen LogP contribution is -2.31. The fourth-order valence-corrected chi connectivity index (χ4v) is 2.80. The molecule has 2 heterocycles. The van der Waals surface area contributed by atoms with Crippen molar-refractivity contribution in [3.63, 3.8) is 0 Å². The van der Waals surface area contributed by atoms with Crippen LogP contribution in [-0.2, 0) is 4.74 Å². The van der Waals surface area contributed by atoms with Gasteiger partial charge in [-0.15, -0.1) is 0 Å². The Hall–Kier alpha value is -0.120. The second kappa shape index (κ2) is 7.25. The molecule has 94 valence electrons. The van der Waals surface area contributed by atoms with Crippen molar-refractivity contribution in [2.75, 3.05) is 45.9 Å². The van der Waals surface area contributed by atoms with Crippen molar-refractivity contribution in [1.82, 2.24) is 10.2 Å². The Bertz CT molecular complexity index is 173. The normalized spacial score (nSPS) is 28.9. The van der Waals surface area contributed by atoms with Gasteiger partial charge in [0.2, 0.25) is 0 Å². The molecule has 0 bridgehead atoms. The van der Waals surface area contributed by atoms with Crippen LogP contribution in [0.5, 0.6) is 0 Å². The molecule has 1 N–H and O–H groups in total. The van der Waals surface area contributed by atoms with E-state index in [0.717, 1.165) is 25.7 Å². The summed E-state index contributed by atoms with van der Waals surface area (Å²) in [4.78, 5) is 2.57. The second-order valence-corrected chi connectivity index (χ2v) is 5.16. The molecule has 2 fully saturated rings. The minimum Gasteiger partial charge on any atom is -0.380 e. The van der Waals surface area contributed by atoms with Crippen LogP contribution in [0, 0.1) is 5.92 Å². The fraction of sp³-hybridized carbons (Fsp3) is 1.00. The molecule has 0 aromatic carbocycles. The number of piperidine rings is 1. The summed E-state index contributed by atoms with van der Waals surface area (Å²) >= 11 is 0. The van der Waals surface area contributed by atoms with E-state index in [4.69, 9.17) is 4.74 Å². The van der Waals surface area contributed by atoms with Crippen molar-refractivity contribution in [2.24, 2.45) is 5.92 Å². The van der Waals surface area contributed by atoms with Crippen LogP contribution < -0.4 is 5.32 Å². The molecular weight excluding hydrogens is 200 g/mol. The van der Waals surface area contributed by atoms with Crippen LogP contribution in [0.4, 0.5) is 0 Å². The number of nitrogens with zero attached hydrogens (tertiary/aromatic N) is 1. The molecule has 2 aliphatic heterocycles. The van der Waals surface area contributed by atoms with Gasteiger partial charge in [-0.3, -0.25) is 0 Å². The molecule has 0 spiro atoms. The van der Waals surface area contributed by atoms with Crippen LogP contribution in [-0.4, -0.2) is 50.8 Å². The van der Waals surface area contributed by atoms with Gasteiger partial charge >= 0.3 is 0 Å².